The van der Waals surface area contributed by atoms with Gasteiger partial charge in [0.2, 0.25) is 5.95 Å². The topological polar surface area (TPSA) is 79.4 Å². The summed E-state index contributed by atoms with van der Waals surface area (Å²) in [5.74, 6) is 1.80. The second-order valence-corrected chi connectivity index (χ2v) is 6.44. The van der Waals surface area contributed by atoms with E-state index in [0.29, 0.717) is 17.4 Å². The van der Waals surface area contributed by atoms with E-state index in [-0.39, 0.29) is 12.5 Å². The highest BCUT2D eigenvalue weighted by Gasteiger charge is 2.06. The minimum Gasteiger partial charge on any atom is -0.484 e. The highest BCUT2D eigenvalue weighted by molar-refractivity contribution is 5.92. The quantitative estimate of drug-likeness (QED) is 0.655. The molecule has 0 saturated heterocycles. The largest absolute Gasteiger partial charge is 0.484 e. The van der Waals surface area contributed by atoms with Crippen molar-refractivity contribution in [2.75, 3.05) is 36.2 Å². The van der Waals surface area contributed by atoms with Crippen molar-refractivity contribution in [1.29, 1.82) is 0 Å². The second kappa shape index (κ2) is 8.85. The summed E-state index contributed by atoms with van der Waals surface area (Å²) >= 11 is 0. The number of aryl methyl sites for hydroxylation is 1. The van der Waals surface area contributed by atoms with Crippen molar-refractivity contribution >= 4 is 29.0 Å². The highest BCUT2D eigenvalue weighted by atomic mass is 16.5. The molecule has 28 heavy (non-hydrogen) atoms. The number of para-hydroxylation sites is 1. The van der Waals surface area contributed by atoms with E-state index in [9.17, 15) is 4.79 Å². The summed E-state index contributed by atoms with van der Waals surface area (Å²) in [4.78, 5) is 22.8. The Kier molecular flexibility index (Phi) is 6.06. The molecule has 0 fully saturated rings. The molecule has 144 valence electrons. The van der Waals surface area contributed by atoms with Gasteiger partial charge in [-0.05, 0) is 43.3 Å². The SMILES string of the molecule is Cc1cc(N(C)C)nc(Nc2ccc(NC(=O)COc3ccccc3)cc2)n1. The molecule has 1 heterocycles. The molecule has 2 N–H and O–H groups in total. The number of amides is 1. The molecule has 3 rings (SSSR count). The number of benzene rings is 2. The van der Waals surface area contributed by atoms with Gasteiger partial charge in [0.05, 0.1) is 0 Å². The third-order valence-electron chi connectivity index (χ3n) is 3.84. The summed E-state index contributed by atoms with van der Waals surface area (Å²) in [6.45, 7) is 1.88. The zero-order valence-electron chi connectivity index (χ0n) is 16.1. The second-order valence-electron chi connectivity index (χ2n) is 6.44. The van der Waals surface area contributed by atoms with Crippen molar-refractivity contribution in [2.24, 2.45) is 0 Å². The fourth-order valence-corrected chi connectivity index (χ4v) is 2.47. The van der Waals surface area contributed by atoms with Crippen LogP contribution in [0.15, 0.2) is 60.7 Å². The van der Waals surface area contributed by atoms with Crippen LogP contribution < -0.4 is 20.3 Å². The lowest BCUT2D eigenvalue weighted by Crippen LogP contribution is -2.20. The summed E-state index contributed by atoms with van der Waals surface area (Å²) in [5, 5.41) is 5.99. The van der Waals surface area contributed by atoms with Gasteiger partial charge in [0.25, 0.3) is 5.91 Å². The molecule has 2 aromatic carbocycles. The Morgan fingerprint density at radius 1 is 1.00 bits per heavy atom. The molecule has 3 aromatic rings. The number of aromatic nitrogens is 2. The van der Waals surface area contributed by atoms with Crippen LogP contribution in [-0.2, 0) is 4.79 Å². The van der Waals surface area contributed by atoms with Crippen molar-refractivity contribution < 1.29 is 9.53 Å². The van der Waals surface area contributed by atoms with Gasteiger partial charge in [-0.25, -0.2) is 4.98 Å². The van der Waals surface area contributed by atoms with Crippen LogP contribution in [0.25, 0.3) is 0 Å². The van der Waals surface area contributed by atoms with Gasteiger partial charge in [0.1, 0.15) is 11.6 Å². The van der Waals surface area contributed by atoms with Crippen molar-refractivity contribution in [3.8, 4) is 5.75 Å². The van der Waals surface area contributed by atoms with Gasteiger partial charge >= 0.3 is 0 Å². The van der Waals surface area contributed by atoms with Gasteiger partial charge in [0, 0.05) is 37.2 Å². The third-order valence-corrected chi connectivity index (χ3v) is 3.84. The van der Waals surface area contributed by atoms with Gasteiger partial charge in [-0.1, -0.05) is 18.2 Å². The van der Waals surface area contributed by atoms with Gasteiger partial charge in [-0.2, -0.15) is 4.98 Å². The summed E-state index contributed by atoms with van der Waals surface area (Å²) in [5.41, 5.74) is 2.39. The first-order valence-electron chi connectivity index (χ1n) is 8.87. The predicted octanol–water partition coefficient (Wildman–Crippen LogP) is 3.61. The molecule has 0 saturated carbocycles. The van der Waals surface area contributed by atoms with Crippen LogP contribution in [0.2, 0.25) is 0 Å². The summed E-state index contributed by atoms with van der Waals surface area (Å²) in [6, 6.07) is 18.5. The molecule has 0 radical (unpaired) electrons. The molecule has 0 unspecified atom stereocenters. The van der Waals surface area contributed by atoms with E-state index >= 15 is 0 Å². The van der Waals surface area contributed by atoms with E-state index in [1.807, 2.05) is 86.6 Å². The Morgan fingerprint density at radius 2 is 1.68 bits per heavy atom. The van der Waals surface area contributed by atoms with Crippen molar-refractivity contribution in [2.45, 2.75) is 6.92 Å². The van der Waals surface area contributed by atoms with Gasteiger partial charge in [0.15, 0.2) is 6.61 Å². The minimum absolute atomic E-state index is 0.0472. The molecule has 0 atom stereocenters. The smallest absolute Gasteiger partial charge is 0.262 e. The average Bonchev–Trinajstić information content (AvgIpc) is 2.68. The zero-order valence-corrected chi connectivity index (χ0v) is 16.1. The zero-order chi connectivity index (χ0) is 19.9. The van der Waals surface area contributed by atoms with Crippen molar-refractivity contribution in [3.05, 3.63) is 66.4 Å². The van der Waals surface area contributed by atoms with Crippen molar-refractivity contribution in [3.63, 3.8) is 0 Å². The Morgan fingerprint density at radius 3 is 2.36 bits per heavy atom. The number of hydrogen-bond acceptors (Lipinski definition) is 6. The van der Waals surface area contributed by atoms with E-state index < -0.39 is 0 Å². The Bertz CT molecular complexity index is 927. The average molecular weight is 377 g/mol. The number of hydrogen-bond donors (Lipinski definition) is 2. The molecular weight excluding hydrogens is 354 g/mol. The van der Waals surface area contributed by atoms with Gasteiger partial charge in [-0.3, -0.25) is 4.79 Å². The summed E-state index contributed by atoms with van der Waals surface area (Å²) in [7, 11) is 3.87. The Balaban J connectivity index is 1.57. The van der Waals surface area contributed by atoms with Crippen LogP contribution >= 0.6 is 0 Å². The molecule has 0 bridgehead atoms. The first kappa shape index (κ1) is 19.2. The third kappa shape index (κ3) is 5.44. The molecule has 7 nitrogen and oxygen atoms in total. The first-order chi connectivity index (χ1) is 13.5. The van der Waals surface area contributed by atoms with E-state index in [1.165, 1.54) is 0 Å². The van der Waals surface area contributed by atoms with E-state index in [4.69, 9.17) is 4.74 Å². The fraction of sp³-hybridized carbons (Fsp3) is 0.190. The molecule has 0 spiro atoms. The van der Waals surface area contributed by atoms with E-state index in [2.05, 4.69) is 20.6 Å². The molecule has 0 aliphatic rings. The van der Waals surface area contributed by atoms with Crippen molar-refractivity contribution in [1.82, 2.24) is 9.97 Å². The Labute approximate surface area is 164 Å². The first-order valence-corrected chi connectivity index (χ1v) is 8.87. The maximum atomic E-state index is 12.0. The molecule has 0 aliphatic heterocycles. The minimum atomic E-state index is -0.220. The van der Waals surface area contributed by atoms with E-state index in [1.54, 1.807) is 0 Å². The van der Waals surface area contributed by atoms with Crippen LogP contribution in [0.1, 0.15) is 5.69 Å². The standard InChI is InChI=1S/C21H23N5O2/c1-15-13-19(26(2)3)25-21(22-15)24-17-11-9-16(10-12-17)23-20(27)14-28-18-7-5-4-6-8-18/h4-13H,14H2,1-3H3,(H,23,27)(H,22,24,25). The molecule has 1 amide bonds. The molecule has 7 heteroatoms. The lowest BCUT2D eigenvalue weighted by atomic mass is 10.3. The molecular formula is C21H23N5O2. The summed E-state index contributed by atoms with van der Waals surface area (Å²) < 4.78 is 5.44. The van der Waals surface area contributed by atoms with Crippen LogP contribution in [0.5, 0.6) is 5.75 Å². The molecule has 1 aromatic heterocycles. The number of nitrogens with one attached hydrogen (secondary N) is 2. The number of carbonyl (C=O) groups is 1. The number of anilines is 4. The highest BCUT2D eigenvalue weighted by Crippen LogP contribution is 2.19. The lowest BCUT2D eigenvalue weighted by molar-refractivity contribution is -0.118. The normalized spacial score (nSPS) is 10.2. The lowest BCUT2D eigenvalue weighted by Gasteiger charge is -2.14. The molecule has 0 aliphatic carbocycles. The summed E-state index contributed by atoms with van der Waals surface area (Å²) in [6.07, 6.45) is 0. The number of ether oxygens (including phenoxy) is 1. The Hall–Kier alpha value is -3.61. The van der Waals surface area contributed by atoms with Gasteiger partial charge in [-0.15, -0.1) is 0 Å². The maximum absolute atomic E-state index is 12.0. The number of nitrogens with zero attached hydrogens (tertiary/aromatic N) is 3. The van der Waals surface area contributed by atoms with E-state index in [0.717, 1.165) is 17.2 Å². The van der Waals surface area contributed by atoms with Crippen LogP contribution in [0.3, 0.4) is 0 Å². The fourth-order valence-electron chi connectivity index (χ4n) is 2.47. The number of carbonyl (C=O) groups excluding carboxylic acids is 1. The van der Waals surface area contributed by atoms with Crippen LogP contribution in [0.4, 0.5) is 23.1 Å². The maximum Gasteiger partial charge on any atom is 0.262 e. The van der Waals surface area contributed by atoms with Gasteiger partial charge < -0.3 is 20.3 Å². The predicted molar refractivity (Wildman–Crippen MR) is 111 cm³/mol. The van der Waals surface area contributed by atoms with Crippen LogP contribution in [-0.4, -0.2) is 36.6 Å². The number of rotatable bonds is 7. The monoisotopic (exact) mass is 377 g/mol. The van der Waals surface area contributed by atoms with Crippen LogP contribution in [0, 0.1) is 6.92 Å².